The van der Waals surface area contributed by atoms with Gasteiger partial charge in [0.1, 0.15) is 15.8 Å². The lowest BCUT2D eigenvalue weighted by Crippen LogP contribution is -2.29. The van der Waals surface area contributed by atoms with Crippen LogP contribution in [0.5, 0.6) is 0 Å². The van der Waals surface area contributed by atoms with Crippen molar-refractivity contribution >= 4 is 51.7 Å². The fourth-order valence-electron chi connectivity index (χ4n) is 3.68. The number of benzene rings is 1. The smallest absolute Gasteiger partial charge is 0.267 e. The Labute approximate surface area is 196 Å². The third-order valence-electron chi connectivity index (χ3n) is 5.33. The summed E-state index contributed by atoms with van der Waals surface area (Å²) in [5.74, 6) is 0.366. The van der Waals surface area contributed by atoms with Crippen molar-refractivity contribution in [1.82, 2.24) is 14.3 Å². The highest BCUT2D eigenvalue weighted by atomic mass is 32.2. The van der Waals surface area contributed by atoms with Gasteiger partial charge in [-0.15, -0.1) is 0 Å². The fraction of sp³-hybridized carbons (Fsp3) is 0.250. The van der Waals surface area contributed by atoms with Gasteiger partial charge < -0.3 is 4.90 Å². The molecule has 0 unspecified atom stereocenters. The van der Waals surface area contributed by atoms with Gasteiger partial charge in [-0.2, -0.15) is 0 Å². The predicted molar refractivity (Wildman–Crippen MR) is 135 cm³/mol. The number of rotatable bonds is 6. The maximum absolute atomic E-state index is 13.3. The van der Waals surface area contributed by atoms with Crippen molar-refractivity contribution in [2.24, 2.45) is 0 Å². The number of aromatic nitrogens is 2. The summed E-state index contributed by atoms with van der Waals surface area (Å²) in [6, 6.07) is 13.9. The molecule has 1 saturated heterocycles. The molecule has 2 aromatic heterocycles. The van der Waals surface area contributed by atoms with Gasteiger partial charge in [-0.1, -0.05) is 60.4 Å². The second-order valence-electron chi connectivity index (χ2n) is 7.86. The Morgan fingerprint density at radius 3 is 2.59 bits per heavy atom. The molecule has 0 spiro atoms. The third-order valence-corrected chi connectivity index (χ3v) is 6.70. The van der Waals surface area contributed by atoms with Gasteiger partial charge in [0.25, 0.3) is 11.5 Å². The van der Waals surface area contributed by atoms with Crippen molar-refractivity contribution in [3.05, 3.63) is 80.6 Å². The predicted octanol–water partition coefficient (Wildman–Crippen LogP) is 3.90. The van der Waals surface area contributed by atoms with E-state index in [-0.39, 0.29) is 11.5 Å². The fourth-order valence-corrected chi connectivity index (χ4v) is 4.97. The molecule has 0 aliphatic carbocycles. The molecule has 1 aliphatic heterocycles. The summed E-state index contributed by atoms with van der Waals surface area (Å²) in [5, 5.41) is 0. The molecule has 4 rings (SSSR count). The summed E-state index contributed by atoms with van der Waals surface area (Å²) in [6.45, 7) is 2.47. The molecule has 3 heterocycles. The molecule has 0 atom stereocenters. The van der Waals surface area contributed by atoms with E-state index in [9.17, 15) is 9.59 Å². The number of hydrogen-bond donors (Lipinski definition) is 0. The van der Waals surface area contributed by atoms with Crippen LogP contribution in [0.3, 0.4) is 0 Å². The minimum atomic E-state index is -0.211. The first-order valence-electron chi connectivity index (χ1n) is 10.4. The topological polar surface area (TPSA) is 57.9 Å². The van der Waals surface area contributed by atoms with Gasteiger partial charge in [0, 0.05) is 26.8 Å². The Morgan fingerprint density at radius 1 is 1.12 bits per heavy atom. The molecule has 1 amide bonds. The summed E-state index contributed by atoms with van der Waals surface area (Å²) in [7, 11) is 3.67. The summed E-state index contributed by atoms with van der Waals surface area (Å²) < 4.78 is 2.04. The SMILES string of the molecule is Cc1cccn2c(=O)c(C=C3SC(=S)N(CCCc4ccccc4)C3=O)c(N(C)C)nc12. The second kappa shape index (κ2) is 9.26. The highest BCUT2D eigenvalue weighted by molar-refractivity contribution is 8.26. The van der Waals surface area contributed by atoms with Gasteiger partial charge in [-0.25, -0.2) is 4.98 Å². The Morgan fingerprint density at radius 2 is 1.88 bits per heavy atom. The maximum atomic E-state index is 13.3. The van der Waals surface area contributed by atoms with E-state index >= 15 is 0 Å². The Balaban J connectivity index is 1.63. The van der Waals surface area contributed by atoms with E-state index in [1.165, 1.54) is 21.7 Å². The van der Waals surface area contributed by atoms with E-state index in [1.54, 1.807) is 22.1 Å². The minimum Gasteiger partial charge on any atom is -0.362 e. The van der Waals surface area contributed by atoms with Crippen LogP contribution in [-0.2, 0) is 11.2 Å². The number of nitrogens with zero attached hydrogens (tertiary/aromatic N) is 4. The van der Waals surface area contributed by atoms with Crippen molar-refractivity contribution in [2.45, 2.75) is 19.8 Å². The third kappa shape index (κ3) is 4.33. The lowest BCUT2D eigenvalue weighted by atomic mass is 10.1. The van der Waals surface area contributed by atoms with E-state index in [4.69, 9.17) is 17.2 Å². The van der Waals surface area contributed by atoms with E-state index < -0.39 is 0 Å². The highest BCUT2D eigenvalue weighted by Gasteiger charge is 2.32. The number of carbonyl (C=O) groups excluding carboxylic acids is 1. The highest BCUT2D eigenvalue weighted by Crippen LogP contribution is 2.33. The number of anilines is 1. The molecular formula is C24H24N4O2S2. The van der Waals surface area contributed by atoms with Gasteiger partial charge in [-0.3, -0.25) is 18.9 Å². The van der Waals surface area contributed by atoms with Crippen LogP contribution in [-0.4, -0.2) is 45.2 Å². The number of amides is 1. The van der Waals surface area contributed by atoms with Crippen LogP contribution in [0.15, 0.2) is 58.4 Å². The molecule has 32 heavy (non-hydrogen) atoms. The maximum Gasteiger partial charge on any atom is 0.267 e. The number of thioether (sulfide) groups is 1. The van der Waals surface area contributed by atoms with Crippen LogP contribution in [0.4, 0.5) is 5.82 Å². The summed E-state index contributed by atoms with van der Waals surface area (Å²) in [5.41, 5.74) is 2.91. The normalized spacial score (nSPS) is 15.2. The van der Waals surface area contributed by atoms with Crippen LogP contribution in [0, 0.1) is 6.92 Å². The lowest BCUT2D eigenvalue weighted by molar-refractivity contribution is -0.122. The van der Waals surface area contributed by atoms with Crippen molar-refractivity contribution in [3.8, 4) is 0 Å². The van der Waals surface area contributed by atoms with Crippen LogP contribution in [0.25, 0.3) is 11.7 Å². The zero-order valence-corrected chi connectivity index (χ0v) is 19.9. The Hall–Kier alpha value is -2.97. The molecule has 0 radical (unpaired) electrons. The summed E-state index contributed by atoms with van der Waals surface area (Å²) in [6.07, 6.45) is 5.02. The molecule has 3 aromatic rings. The first-order chi connectivity index (χ1) is 15.4. The van der Waals surface area contributed by atoms with Crippen LogP contribution < -0.4 is 10.5 Å². The number of aryl methyl sites for hydroxylation is 2. The zero-order valence-electron chi connectivity index (χ0n) is 18.2. The largest absolute Gasteiger partial charge is 0.362 e. The lowest BCUT2D eigenvalue weighted by Gasteiger charge is -2.16. The number of hydrogen-bond acceptors (Lipinski definition) is 6. The monoisotopic (exact) mass is 464 g/mol. The molecule has 1 fully saturated rings. The molecule has 0 saturated carbocycles. The molecule has 1 aromatic carbocycles. The molecule has 8 heteroatoms. The minimum absolute atomic E-state index is 0.161. The Bertz CT molecular complexity index is 1280. The average Bonchev–Trinajstić information content (AvgIpc) is 3.04. The first kappa shape index (κ1) is 22.2. The van der Waals surface area contributed by atoms with E-state index in [0.717, 1.165) is 18.4 Å². The number of carbonyl (C=O) groups is 1. The van der Waals surface area contributed by atoms with Gasteiger partial charge in [-0.05, 0) is 43.0 Å². The standard InChI is InChI=1S/C24H24N4O2S2/c1-16-9-7-13-27-20(16)25-21(26(2)3)18(22(27)29)15-19-23(30)28(24(31)32-19)14-8-12-17-10-5-4-6-11-17/h4-7,9-11,13,15H,8,12,14H2,1-3H3. The van der Waals surface area contributed by atoms with E-state index in [0.29, 0.717) is 32.8 Å². The van der Waals surface area contributed by atoms with Crippen molar-refractivity contribution in [2.75, 3.05) is 25.5 Å². The summed E-state index contributed by atoms with van der Waals surface area (Å²) in [4.78, 5) is 34.9. The van der Waals surface area contributed by atoms with Gasteiger partial charge in [0.05, 0.1) is 10.5 Å². The second-order valence-corrected chi connectivity index (χ2v) is 9.53. The molecule has 6 nitrogen and oxygen atoms in total. The zero-order chi connectivity index (χ0) is 22.8. The summed E-state index contributed by atoms with van der Waals surface area (Å²) >= 11 is 6.71. The van der Waals surface area contributed by atoms with Crippen molar-refractivity contribution < 1.29 is 4.79 Å². The van der Waals surface area contributed by atoms with E-state index in [1.807, 2.05) is 51.4 Å². The quantitative estimate of drug-likeness (QED) is 0.407. The average molecular weight is 465 g/mol. The van der Waals surface area contributed by atoms with Crippen LogP contribution in [0.2, 0.25) is 0 Å². The molecule has 0 bridgehead atoms. The number of fused-ring (bicyclic) bond motifs is 1. The van der Waals surface area contributed by atoms with Crippen LogP contribution >= 0.6 is 24.0 Å². The van der Waals surface area contributed by atoms with Crippen LogP contribution in [0.1, 0.15) is 23.1 Å². The first-order valence-corrected chi connectivity index (χ1v) is 11.6. The van der Waals surface area contributed by atoms with E-state index in [2.05, 4.69) is 12.1 Å². The molecule has 0 N–H and O–H groups in total. The molecule has 1 aliphatic rings. The van der Waals surface area contributed by atoms with Crippen molar-refractivity contribution in [1.29, 1.82) is 0 Å². The molecular weight excluding hydrogens is 440 g/mol. The molecule has 164 valence electrons. The Kier molecular flexibility index (Phi) is 6.43. The van der Waals surface area contributed by atoms with Gasteiger partial charge in [0.15, 0.2) is 0 Å². The van der Waals surface area contributed by atoms with Gasteiger partial charge >= 0.3 is 0 Å². The van der Waals surface area contributed by atoms with Crippen molar-refractivity contribution in [3.63, 3.8) is 0 Å². The van der Waals surface area contributed by atoms with Gasteiger partial charge in [0.2, 0.25) is 0 Å². The number of pyridine rings is 1. The number of thiocarbonyl (C=S) groups is 1.